The summed E-state index contributed by atoms with van der Waals surface area (Å²) in [6.07, 6.45) is 12.7. The Kier molecular flexibility index (Phi) is 8.43. The largest absolute Gasteiger partial charge is 0.492 e. The Bertz CT molecular complexity index is 1480. The van der Waals surface area contributed by atoms with Crippen molar-refractivity contribution in [2.24, 2.45) is 23.2 Å². The molecule has 4 bridgehead atoms. The number of amides is 2. The number of aromatic nitrogens is 3. The Labute approximate surface area is 265 Å². The number of carbonyl (C=O) groups excluding carboxylic acids is 2. The van der Waals surface area contributed by atoms with Crippen LogP contribution in [-0.4, -0.2) is 71.2 Å². The molecular weight excluding hydrogens is 564 g/mol. The molecule has 8 rings (SSSR count). The SMILES string of the molecule is CCOc1cncc(-c2ccccc2CCC(=O)N2CCN(c3ccc(C(=O)NCC45CC6CC(CC(C6)C4)C5)nn3)CC2)c1. The van der Waals surface area contributed by atoms with Crippen molar-refractivity contribution in [1.82, 2.24) is 25.4 Å². The standard InChI is InChI=1S/C36H44N6O3/c1-2-45-30-18-29(22-37-23-30)31-6-4-3-5-28(31)7-10-34(43)42-13-11-41(12-14-42)33-9-8-32(39-40-33)35(44)38-24-36-19-25-15-26(20-36)17-27(16-25)21-36/h3-6,8-9,18,22-23,25-27H,2,7,10-17,19-21,24H2,1H3,(H,38,44). The first-order chi connectivity index (χ1) is 22.0. The van der Waals surface area contributed by atoms with Gasteiger partial charge < -0.3 is 19.9 Å². The third kappa shape index (κ3) is 6.53. The molecule has 3 aromatic rings. The van der Waals surface area contributed by atoms with Crippen LogP contribution in [0.4, 0.5) is 5.82 Å². The summed E-state index contributed by atoms with van der Waals surface area (Å²) in [6.45, 7) is 5.95. The van der Waals surface area contributed by atoms with E-state index in [-0.39, 0.29) is 11.8 Å². The first-order valence-corrected chi connectivity index (χ1v) is 16.8. The number of hydrogen-bond donors (Lipinski definition) is 1. The second-order valence-corrected chi connectivity index (χ2v) is 13.7. The van der Waals surface area contributed by atoms with E-state index < -0.39 is 0 Å². The van der Waals surface area contributed by atoms with Crippen molar-refractivity contribution in [2.45, 2.75) is 58.3 Å². The van der Waals surface area contributed by atoms with E-state index in [0.717, 1.165) is 52.6 Å². The third-order valence-corrected chi connectivity index (χ3v) is 10.6. The molecule has 1 saturated heterocycles. The maximum absolute atomic E-state index is 13.2. The number of nitrogens with one attached hydrogen (secondary N) is 1. The molecule has 1 aromatic carbocycles. The van der Waals surface area contributed by atoms with Gasteiger partial charge in [-0.1, -0.05) is 24.3 Å². The number of anilines is 1. The topological polar surface area (TPSA) is 101 Å². The minimum absolute atomic E-state index is 0.125. The first-order valence-electron chi connectivity index (χ1n) is 16.8. The summed E-state index contributed by atoms with van der Waals surface area (Å²) in [5, 5.41) is 11.9. The van der Waals surface area contributed by atoms with Crippen LogP contribution in [0.3, 0.4) is 0 Å². The molecule has 2 amide bonds. The van der Waals surface area contributed by atoms with Gasteiger partial charge in [0.1, 0.15) is 5.75 Å². The summed E-state index contributed by atoms with van der Waals surface area (Å²) in [5.74, 6) is 4.12. The van der Waals surface area contributed by atoms with Crippen LogP contribution in [0.2, 0.25) is 0 Å². The van der Waals surface area contributed by atoms with E-state index in [1.54, 1.807) is 12.3 Å². The van der Waals surface area contributed by atoms with E-state index in [0.29, 0.717) is 56.7 Å². The fourth-order valence-corrected chi connectivity index (χ4v) is 8.90. The molecule has 0 spiro atoms. The second kappa shape index (κ2) is 12.8. The average molecular weight is 609 g/mol. The maximum atomic E-state index is 13.2. The van der Waals surface area contributed by atoms with Gasteiger partial charge in [-0.2, -0.15) is 0 Å². The lowest BCUT2D eigenvalue weighted by molar-refractivity contribution is -0.131. The van der Waals surface area contributed by atoms with Gasteiger partial charge in [0, 0.05) is 50.9 Å². The number of carbonyl (C=O) groups is 2. The molecule has 9 nitrogen and oxygen atoms in total. The molecule has 9 heteroatoms. The first kappa shape index (κ1) is 29.7. The third-order valence-electron chi connectivity index (χ3n) is 10.6. The van der Waals surface area contributed by atoms with Gasteiger partial charge in [-0.25, -0.2) is 0 Å². The zero-order valence-corrected chi connectivity index (χ0v) is 26.3. The van der Waals surface area contributed by atoms with E-state index in [4.69, 9.17) is 4.74 Å². The van der Waals surface area contributed by atoms with Gasteiger partial charge in [0.2, 0.25) is 5.91 Å². The van der Waals surface area contributed by atoms with Gasteiger partial charge in [0.05, 0.1) is 12.8 Å². The Morgan fingerprint density at radius 2 is 1.67 bits per heavy atom. The zero-order valence-electron chi connectivity index (χ0n) is 26.3. The normalized spacial score (nSPS) is 25.3. The lowest BCUT2D eigenvalue weighted by Gasteiger charge is -2.56. The highest BCUT2D eigenvalue weighted by atomic mass is 16.5. The smallest absolute Gasteiger partial charge is 0.271 e. The monoisotopic (exact) mass is 608 g/mol. The minimum Gasteiger partial charge on any atom is -0.492 e. The van der Waals surface area contributed by atoms with Gasteiger partial charge in [-0.3, -0.25) is 14.6 Å². The number of nitrogens with zero attached hydrogens (tertiary/aromatic N) is 5. The lowest BCUT2D eigenvalue weighted by Crippen LogP contribution is -2.51. The van der Waals surface area contributed by atoms with Crippen molar-refractivity contribution in [1.29, 1.82) is 0 Å². The Morgan fingerprint density at radius 1 is 0.933 bits per heavy atom. The minimum atomic E-state index is -0.125. The highest BCUT2D eigenvalue weighted by molar-refractivity contribution is 5.92. The second-order valence-electron chi connectivity index (χ2n) is 13.7. The summed E-state index contributed by atoms with van der Waals surface area (Å²) in [5.41, 5.74) is 3.86. The van der Waals surface area contributed by atoms with Crippen molar-refractivity contribution in [3.05, 3.63) is 66.1 Å². The zero-order chi connectivity index (χ0) is 30.8. The Morgan fingerprint density at radius 3 is 2.36 bits per heavy atom. The van der Waals surface area contributed by atoms with Crippen molar-refractivity contribution >= 4 is 17.6 Å². The molecule has 0 unspecified atom stereocenters. The fourth-order valence-electron chi connectivity index (χ4n) is 8.90. The molecule has 2 aromatic heterocycles. The number of aryl methyl sites for hydroxylation is 1. The lowest BCUT2D eigenvalue weighted by atomic mass is 9.49. The molecule has 1 aliphatic heterocycles. The van der Waals surface area contributed by atoms with Gasteiger partial charge in [-0.15, -0.1) is 10.2 Å². The van der Waals surface area contributed by atoms with Crippen LogP contribution in [-0.2, 0) is 11.2 Å². The van der Waals surface area contributed by atoms with E-state index in [9.17, 15) is 9.59 Å². The van der Waals surface area contributed by atoms with Crippen molar-refractivity contribution in [3.63, 3.8) is 0 Å². The molecule has 5 aliphatic rings. The van der Waals surface area contributed by atoms with Crippen molar-refractivity contribution in [2.75, 3.05) is 44.2 Å². The molecule has 0 atom stereocenters. The summed E-state index contributed by atoms with van der Waals surface area (Å²) >= 11 is 0. The highest BCUT2D eigenvalue weighted by Gasteiger charge is 2.50. The maximum Gasteiger partial charge on any atom is 0.271 e. The fraction of sp³-hybridized carbons (Fsp3) is 0.528. The molecule has 236 valence electrons. The number of pyridine rings is 1. The summed E-state index contributed by atoms with van der Waals surface area (Å²) < 4.78 is 5.64. The summed E-state index contributed by atoms with van der Waals surface area (Å²) in [7, 11) is 0. The van der Waals surface area contributed by atoms with Gasteiger partial charge in [0.15, 0.2) is 11.5 Å². The van der Waals surface area contributed by atoms with Gasteiger partial charge >= 0.3 is 0 Å². The molecule has 45 heavy (non-hydrogen) atoms. The van der Waals surface area contributed by atoms with Gasteiger partial charge in [-0.05, 0) is 104 Å². The van der Waals surface area contributed by atoms with Crippen LogP contribution in [0.5, 0.6) is 5.75 Å². The molecule has 5 fully saturated rings. The van der Waals surface area contributed by atoms with Gasteiger partial charge in [0.25, 0.3) is 5.91 Å². The van der Waals surface area contributed by atoms with E-state index in [1.165, 1.54) is 38.5 Å². The number of benzene rings is 1. The predicted molar refractivity (Wildman–Crippen MR) is 173 cm³/mol. The number of hydrogen-bond acceptors (Lipinski definition) is 7. The highest BCUT2D eigenvalue weighted by Crippen LogP contribution is 2.59. The predicted octanol–water partition coefficient (Wildman–Crippen LogP) is 5.16. The van der Waals surface area contributed by atoms with Crippen LogP contribution in [0, 0.1) is 23.2 Å². The molecule has 4 saturated carbocycles. The summed E-state index contributed by atoms with van der Waals surface area (Å²) in [4.78, 5) is 34.6. The number of ether oxygens (including phenoxy) is 1. The van der Waals surface area contributed by atoms with Crippen LogP contribution in [0.25, 0.3) is 11.1 Å². The summed E-state index contributed by atoms with van der Waals surface area (Å²) in [6, 6.07) is 13.9. The van der Waals surface area contributed by atoms with Crippen molar-refractivity contribution < 1.29 is 14.3 Å². The molecule has 1 N–H and O–H groups in total. The quantitative estimate of drug-likeness (QED) is 0.339. The van der Waals surface area contributed by atoms with Crippen molar-refractivity contribution in [3.8, 4) is 16.9 Å². The molecular formula is C36H44N6O3. The Hall–Kier alpha value is -4.01. The van der Waals surface area contributed by atoms with E-state index in [1.807, 2.05) is 42.3 Å². The molecule has 0 radical (unpaired) electrons. The van der Waals surface area contributed by atoms with Crippen LogP contribution >= 0.6 is 0 Å². The Balaban J connectivity index is 0.889. The van der Waals surface area contributed by atoms with Crippen LogP contribution in [0.15, 0.2) is 54.9 Å². The van der Waals surface area contributed by atoms with E-state index >= 15 is 0 Å². The molecule has 3 heterocycles. The molecule has 4 aliphatic carbocycles. The number of piperazine rings is 1. The van der Waals surface area contributed by atoms with Crippen LogP contribution < -0.4 is 15.0 Å². The van der Waals surface area contributed by atoms with Crippen LogP contribution in [0.1, 0.15) is 67.9 Å². The van der Waals surface area contributed by atoms with E-state index in [2.05, 4.69) is 37.5 Å². The number of rotatable bonds is 10. The average Bonchev–Trinajstić information content (AvgIpc) is 3.06.